The Morgan fingerprint density at radius 1 is 1.20 bits per heavy atom. The van der Waals surface area contributed by atoms with Crippen molar-refractivity contribution < 1.29 is 4.79 Å². The zero-order chi connectivity index (χ0) is 11.0. The first-order valence-corrected chi connectivity index (χ1v) is 4.71. The summed E-state index contributed by atoms with van der Waals surface area (Å²) < 4.78 is 0. The average Bonchev–Trinajstić information content (AvgIpc) is 2.19. The van der Waals surface area contributed by atoms with Crippen molar-refractivity contribution in [2.45, 2.75) is 13.8 Å². The van der Waals surface area contributed by atoms with E-state index in [-0.39, 0.29) is 5.43 Å². The van der Waals surface area contributed by atoms with Crippen molar-refractivity contribution in [2.24, 2.45) is 0 Å². The molecule has 76 valence electrons. The Hall–Kier alpha value is -1.90. The number of hydrogen-bond donors (Lipinski definition) is 1. The molecular weight excluding hydrogens is 190 g/mol. The molecule has 0 fully saturated rings. The molecule has 1 heterocycles. The van der Waals surface area contributed by atoms with Gasteiger partial charge in [-0.2, -0.15) is 0 Å². The molecule has 1 aromatic heterocycles. The van der Waals surface area contributed by atoms with Gasteiger partial charge in [0.25, 0.3) is 0 Å². The van der Waals surface area contributed by atoms with Crippen LogP contribution in [0.5, 0.6) is 0 Å². The highest BCUT2D eigenvalue weighted by Gasteiger charge is 2.04. The van der Waals surface area contributed by atoms with E-state index >= 15 is 0 Å². The summed E-state index contributed by atoms with van der Waals surface area (Å²) in [7, 11) is 0. The fourth-order valence-corrected chi connectivity index (χ4v) is 1.79. The lowest BCUT2D eigenvalue weighted by Gasteiger charge is -2.04. The second-order valence-corrected chi connectivity index (χ2v) is 3.71. The maximum absolute atomic E-state index is 11.7. The van der Waals surface area contributed by atoms with Gasteiger partial charge in [-0.1, -0.05) is 6.07 Å². The van der Waals surface area contributed by atoms with Gasteiger partial charge < -0.3 is 4.98 Å². The van der Waals surface area contributed by atoms with Gasteiger partial charge >= 0.3 is 0 Å². The van der Waals surface area contributed by atoms with Gasteiger partial charge in [-0.05, 0) is 31.0 Å². The summed E-state index contributed by atoms with van der Waals surface area (Å²) in [5.74, 6) is 0. The molecule has 0 aliphatic carbocycles. The van der Waals surface area contributed by atoms with Crippen LogP contribution in [0.3, 0.4) is 0 Å². The van der Waals surface area contributed by atoms with E-state index in [1.807, 2.05) is 26.0 Å². The van der Waals surface area contributed by atoms with Crippen molar-refractivity contribution in [3.63, 3.8) is 0 Å². The van der Waals surface area contributed by atoms with E-state index in [0.717, 1.165) is 16.6 Å². The van der Waals surface area contributed by atoms with Crippen LogP contribution in [0.4, 0.5) is 0 Å². The van der Waals surface area contributed by atoms with Crippen LogP contribution in [0.25, 0.3) is 10.9 Å². The van der Waals surface area contributed by atoms with Crippen molar-refractivity contribution in [1.29, 1.82) is 0 Å². The summed E-state index contributed by atoms with van der Waals surface area (Å²) in [5, 5.41) is 0.637. The lowest BCUT2D eigenvalue weighted by Crippen LogP contribution is -2.05. The van der Waals surface area contributed by atoms with Crippen LogP contribution in [0, 0.1) is 13.8 Å². The zero-order valence-electron chi connectivity index (χ0n) is 8.63. The van der Waals surface area contributed by atoms with Gasteiger partial charge in [0, 0.05) is 11.5 Å². The molecule has 1 aromatic carbocycles. The number of aldehydes is 1. The van der Waals surface area contributed by atoms with E-state index in [1.165, 1.54) is 6.07 Å². The molecule has 0 saturated carbocycles. The Kier molecular flexibility index (Phi) is 2.15. The molecule has 3 heteroatoms. The maximum atomic E-state index is 11.7. The van der Waals surface area contributed by atoms with Gasteiger partial charge in [0.05, 0.1) is 11.2 Å². The van der Waals surface area contributed by atoms with Gasteiger partial charge in [-0.15, -0.1) is 0 Å². The normalized spacial score (nSPS) is 10.5. The predicted molar refractivity (Wildman–Crippen MR) is 59.4 cm³/mol. The van der Waals surface area contributed by atoms with Gasteiger partial charge in [0.2, 0.25) is 0 Å². The number of aryl methyl sites for hydroxylation is 2. The van der Waals surface area contributed by atoms with Crippen molar-refractivity contribution in [2.75, 3.05) is 0 Å². The third-order valence-corrected chi connectivity index (χ3v) is 2.43. The van der Waals surface area contributed by atoms with Crippen LogP contribution in [-0.4, -0.2) is 11.3 Å². The zero-order valence-corrected chi connectivity index (χ0v) is 8.63. The summed E-state index contributed by atoms with van der Waals surface area (Å²) in [6.45, 7) is 3.86. The number of fused-ring (bicyclic) bond motifs is 1. The number of rotatable bonds is 1. The minimum Gasteiger partial charge on any atom is -0.352 e. The first-order chi connectivity index (χ1) is 7.11. The number of aromatic nitrogens is 1. The summed E-state index contributed by atoms with van der Waals surface area (Å²) in [6, 6.07) is 5.14. The molecule has 0 aliphatic rings. The third kappa shape index (κ3) is 1.56. The number of carbonyl (C=O) groups excluding carboxylic acids is 1. The SMILES string of the molecule is Cc1cc(C)c2[nH]c(C=O)cc(=O)c2c1. The molecule has 0 radical (unpaired) electrons. The number of hydrogen-bond acceptors (Lipinski definition) is 2. The lowest BCUT2D eigenvalue weighted by molar-refractivity contribution is 0.111. The number of carbonyl (C=O) groups is 1. The Morgan fingerprint density at radius 3 is 2.60 bits per heavy atom. The number of aromatic amines is 1. The highest BCUT2D eigenvalue weighted by Crippen LogP contribution is 2.15. The Morgan fingerprint density at radius 2 is 1.93 bits per heavy atom. The van der Waals surface area contributed by atoms with Crippen molar-refractivity contribution in [1.82, 2.24) is 4.98 Å². The Balaban J connectivity index is 2.97. The fourth-order valence-electron chi connectivity index (χ4n) is 1.79. The van der Waals surface area contributed by atoms with Gasteiger partial charge in [-0.3, -0.25) is 9.59 Å². The van der Waals surface area contributed by atoms with E-state index in [2.05, 4.69) is 4.98 Å². The molecule has 15 heavy (non-hydrogen) atoms. The molecular formula is C12H11NO2. The molecule has 0 aliphatic heterocycles. The van der Waals surface area contributed by atoms with E-state index in [0.29, 0.717) is 17.4 Å². The molecule has 3 nitrogen and oxygen atoms in total. The second-order valence-electron chi connectivity index (χ2n) is 3.71. The minimum absolute atomic E-state index is 0.113. The van der Waals surface area contributed by atoms with Crippen molar-refractivity contribution in [3.8, 4) is 0 Å². The molecule has 0 saturated heterocycles. The molecule has 0 atom stereocenters. The molecule has 1 N–H and O–H groups in total. The Labute approximate surface area is 86.8 Å². The number of nitrogens with one attached hydrogen (secondary N) is 1. The highest BCUT2D eigenvalue weighted by atomic mass is 16.1. The number of pyridine rings is 1. The summed E-state index contributed by atoms with van der Waals surface area (Å²) in [4.78, 5) is 25.2. The van der Waals surface area contributed by atoms with Crippen LogP contribution in [0.15, 0.2) is 23.0 Å². The number of H-pyrrole nitrogens is 1. The Bertz CT molecular complexity index is 596. The van der Waals surface area contributed by atoms with Crippen LogP contribution >= 0.6 is 0 Å². The lowest BCUT2D eigenvalue weighted by atomic mass is 10.1. The molecule has 0 bridgehead atoms. The van der Waals surface area contributed by atoms with Crippen LogP contribution in [0.2, 0.25) is 0 Å². The summed E-state index contributed by atoms with van der Waals surface area (Å²) in [6.07, 6.45) is 0.653. The van der Waals surface area contributed by atoms with Crippen molar-refractivity contribution >= 4 is 17.2 Å². The first-order valence-electron chi connectivity index (χ1n) is 4.71. The predicted octanol–water partition coefficient (Wildman–Crippen LogP) is 1.96. The van der Waals surface area contributed by atoms with Gasteiger partial charge in [0.1, 0.15) is 0 Å². The van der Waals surface area contributed by atoms with Crippen LogP contribution in [-0.2, 0) is 0 Å². The van der Waals surface area contributed by atoms with E-state index in [9.17, 15) is 9.59 Å². The fraction of sp³-hybridized carbons (Fsp3) is 0.167. The van der Waals surface area contributed by atoms with Crippen LogP contribution < -0.4 is 5.43 Å². The topological polar surface area (TPSA) is 49.9 Å². The van der Waals surface area contributed by atoms with Gasteiger partial charge in [0.15, 0.2) is 11.7 Å². The molecule has 0 unspecified atom stereocenters. The first kappa shape index (κ1) is 9.65. The molecule has 2 rings (SSSR count). The quantitative estimate of drug-likeness (QED) is 0.717. The van der Waals surface area contributed by atoms with Crippen molar-refractivity contribution in [3.05, 3.63) is 45.2 Å². The number of benzene rings is 1. The molecule has 0 spiro atoms. The minimum atomic E-state index is -0.113. The average molecular weight is 201 g/mol. The van der Waals surface area contributed by atoms with E-state index in [1.54, 1.807) is 0 Å². The molecule has 2 aromatic rings. The second kappa shape index (κ2) is 3.35. The highest BCUT2D eigenvalue weighted by molar-refractivity contribution is 5.85. The monoisotopic (exact) mass is 201 g/mol. The summed E-state index contributed by atoms with van der Waals surface area (Å²) in [5.41, 5.74) is 2.97. The largest absolute Gasteiger partial charge is 0.352 e. The smallest absolute Gasteiger partial charge is 0.190 e. The standard InChI is InChI=1S/C12H11NO2/c1-7-3-8(2)12-10(4-7)11(15)5-9(6-14)13-12/h3-6H,1-2H3,(H,13,15). The van der Waals surface area contributed by atoms with E-state index < -0.39 is 0 Å². The molecule has 0 amide bonds. The third-order valence-electron chi connectivity index (χ3n) is 2.43. The van der Waals surface area contributed by atoms with Crippen LogP contribution in [0.1, 0.15) is 21.6 Å². The van der Waals surface area contributed by atoms with Gasteiger partial charge in [-0.25, -0.2) is 0 Å². The maximum Gasteiger partial charge on any atom is 0.190 e. The van der Waals surface area contributed by atoms with E-state index in [4.69, 9.17) is 0 Å². The summed E-state index contributed by atoms with van der Waals surface area (Å²) >= 11 is 0.